The highest BCUT2D eigenvalue weighted by atomic mass is 16.1. The number of amides is 1. The Balaban J connectivity index is 1.96. The molecule has 0 heterocycles. The lowest BCUT2D eigenvalue weighted by atomic mass is 10.1. The highest BCUT2D eigenvalue weighted by molar-refractivity contribution is 6.06. The lowest BCUT2D eigenvalue weighted by molar-refractivity contribution is -0.112. The Kier molecular flexibility index (Phi) is 8.30. The molecule has 1 unspecified atom stereocenters. The smallest absolute Gasteiger partial charge is 0.267 e. The minimum atomic E-state index is -0.412. The Hall–Kier alpha value is -3.06. The molecule has 0 saturated heterocycles. The Morgan fingerprint density at radius 2 is 1.71 bits per heavy atom. The van der Waals surface area contributed by atoms with Crippen LogP contribution in [0.2, 0.25) is 0 Å². The van der Waals surface area contributed by atoms with Crippen LogP contribution in [0, 0.1) is 11.3 Å². The van der Waals surface area contributed by atoms with Crippen LogP contribution in [0.1, 0.15) is 56.3 Å². The summed E-state index contributed by atoms with van der Waals surface area (Å²) in [5.74, 6) is -0.412. The molecule has 2 rings (SSSR count). The number of nitrogens with one attached hydrogen (secondary N) is 2. The van der Waals surface area contributed by atoms with E-state index in [0.717, 1.165) is 31.2 Å². The monoisotopic (exact) mass is 375 g/mol. The van der Waals surface area contributed by atoms with Crippen molar-refractivity contribution in [3.63, 3.8) is 0 Å². The average Bonchev–Trinajstić information content (AvgIpc) is 2.73. The SMILES string of the molecule is CCCCc1ccc(NC(=O)/C(C#N)=C\NC(C)c2ccc(CC)cc2)cc1. The fraction of sp³-hybridized carbons (Fsp3) is 0.333. The van der Waals surface area contributed by atoms with Crippen LogP contribution in [-0.2, 0) is 17.6 Å². The van der Waals surface area contributed by atoms with Crippen molar-refractivity contribution in [3.05, 3.63) is 77.0 Å². The van der Waals surface area contributed by atoms with Crippen LogP contribution >= 0.6 is 0 Å². The molecule has 0 fully saturated rings. The van der Waals surface area contributed by atoms with Gasteiger partial charge in [-0.25, -0.2) is 0 Å². The number of hydrogen-bond acceptors (Lipinski definition) is 3. The molecule has 4 nitrogen and oxygen atoms in total. The normalized spacial score (nSPS) is 12.1. The summed E-state index contributed by atoms with van der Waals surface area (Å²) in [6.07, 6.45) is 5.83. The molecule has 2 N–H and O–H groups in total. The van der Waals surface area contributed by atoms with E-state index in [9.17, 15) is 10.1 Å². The van der Waals surface area contributed by atoms with E-state index >= 15 is 0 Å². The Bertz CT molecular complexity index is 830. The summed E-state index contributed by atoms with van der Waals surface area (Å²) in [6, 6.07) is 18.1. The summed E-state index contributed by atoms with van der Waals surface area (Å²) < 4.78 is 0. The first-order valence-corrected chi connectivity index (χ1v) is 9.92. The van der Waals surface area contributed by atoms with E-state index in [1.54, 1.807) is 0 Å². The van der Waals surface area contributed by atoms with Crippen LogP contribution in [0.25, 0.3) is 0 Å². The zero-order valence-corrected chi connectivity index (χ0v) is 17.0. The number of rotatable bonds is 9. The fourth-order valence-electron chi connectivity index (χ4n) is 2.83. The Morgan fingerprint density at radius 1 is 1.07 bits per heavy atom. The first-order chi connectivity index (χ1) is 13.6. The summed E-state index contributed by atoms with van der Waals surface area (Å²) in [4.78, 5) is 12.4. The van der Waals surface area contributed by atoms with Crippen LogP contribution in [0.5, 0.6) is 0 Å². The van der Waals surface area contributed by atoms with Crippen LogP contribution in [-0.4, -0.2) is 5.91 Å². The molecule has 0 aromatic heterocycles. The zero-order valence-electron chi connectivity index (χ0n) is 17.0. The number of unbranched alkanes of at least 4 members (excludes halogenated alkanes) is 1. The topological polar surface area (TPSA) is 64.9 Å². The van der Waals surface area contributed by atoms with Gasteiger partial charge in [0.15, 0.2) is 0 Å². The standard InChI is InChI=1S/C24H29N3O/c1-4-6-7-20-10-14-23(15-11-20)27-24(28)22(16-25)17-26-18(3)21-12-8-19(5-2)9-13-21/h8-15,17-18,26H,4-7H2,1-3H3,(H,27,28)/b22-17-. The first-order valence-electron chi connectivity index (χ1n) is 9.92. The average molecular weight is 376 g/mol. The molecular weight excluding hydrogens is 346 g/mol. The third-order valence-corrected chi connectivity index (χ3v) is 4.76. The van der Waals surface area contributed by atoms with Gasteiger partial charge in [0, 0.05) is 17.9 Å². The number of hydrogen-bond donors (Lipinski definition) is 2. The molecule has 0 aliphatic heterocycles. The van der Waals surface area contributed by atoms with Gasteiger partial charge in [-0.05, 0) is 55.0 Å². The number of nitriles is 1. The maximum absolute atomic E-state index is 12.4. The number of carbonyl (C=O) groups excluding carboxylic acids is 1. The summed E-state index contributed by atoms with van der Waals surface area (Å²) >= 11 is 0. The minimum Gasteiger partial charge on any atom is -0.383 e. The van der Waals surface area contributed by atoms with E-state index in [1.807, 2.05) is 37.3 Å². The molecule has 2 aromatic rings. The van der Waals surface area contributed by atoms with Gasteiger partial charge in [-0.1, -0.05) is 56.7 Å². The van der Waals surface area contributed by atoms with Gasteiger partial charge in [-0.15, -0.1) is 0 Å². The second-order valence-corrected chi connectivity index (χ2v) is 6.91. The predicted octanol–water partition coefficient (Wildman–Crippen LogP) is 5.29. The second kappa shape index (κ2) is 10.9. The molecule has 146 valence electrons. The minimum absolute atomic E-state index is 0.0000877. The van der Waals surface area contributed by atoms with Crippen molar-refractivity contribution in [2.24, 2.45) is 0 Å². The Morgan fingerprint density at radius 3 is 2.29 bits per heavy atom. The van der Waals surface area contributed by atoms with E-state index in [2.05, 4.69) is 48.7 Å². The van der Waals surface area contributed by atoms with Gasteiger partial charge in [0.1, 0.15) is 11.6 Å². The predicted molar refractivity (Wildman–Crippen MR) is 115 cm³/mol. The van der Waals surface area contributed by atoms with Crippen molar-refractivity contribution in [3.8, 4) is 6.07 Å². The molecule has 0 saturated carbocycles. The van der Waals surface area contributed by atoms with Crippen molar-refractivity contribution in [1.82, 2.24) is 5.32 Å². The van der Waals surface area contributed by atoms with E-state index in [4.69, 9.17) is 0 Å². The summed E-state index contributed by atoms with van der Waals surface area (Å²) in [7, 11) is 0. The van der Waals surface area contributed by atoms with Gasteiger partial charge in [-0.2, -0.15) is 5.26 Å². The first kappa shape index (κ1) is 21.2. The quantitative estimate of drug-likeness (QED) is 0.462. The number of anilines is 1. The van der Waals surface area contributed by atoms with Gasteiger partial charge >= 0.3 is 0 Å². The maximum Gasteiger partial charge on any atom is 0.267 e. The zero-order chi connectivity index (χ0) is 20.4. The van der Waals surface area contributed by atoms with Crippen LogP contribution in [0.15, 0.2) is 60.3 Å². The molecule has 28 heavy (non-hydrogen) atoms. The number of benzene rings is 2. The van der Waals surface area contributed by atoms with Crippen molar-refractivity contribution in [2.75, 3.05) is 5.32 Å². The van der Waals surface area contributed by atoms with E-state index in [0.29, 0.717) is 5.69 Å². The molecule has 1 amide bonds. The molecular formula is C24H29N3O. The number of aryl methyl sites for hydroxylation is 2. The summed E-state index contributed by atoms with van der Waals surface area (Å²) in [5, 5.41) is 15.3. The molecule has 0 bridgehead atoms. The number of nitrogens with zero attached hydrogens (tertiary/aromatic N) is 1. The third kappa shape index (κ3) is 6.28. The van der Waals surface area contributed by atoms with Crippen molar-refractivity contribution >= 4 is 11.6 Å². The third-order valence-electron chi connectivity index (χ3n) is 4.76. The summed E-state index contributed by atoms with van der Waals surface area (Å²) in [6.45, 7) is 6.29. The lowest BCUT2D eigenvalue weighted by Crippen LogP contribution is -2.18. The number of carbonyl (C=O) groups is 1. The maximum atomic E-state index is 12.4. The molecule has 0 radical (unpaired) electrons. The fourth-order valence-corrected chi connectivity index (χ4v) is 2.83. The van der Waals surface area contributed by atoms with Gasteiger partial charge < -0.3 is 10.6 Å². The van der Waals surface area contributed by atoms with Gasteiger partial charge in [0.25, 0.3) is 5.91 Å². The van der Waals surface area contributed by atoms with E-state index < -0.39 is 5.91 Å². The molecule has 1 atom stereocenters. The van der Waals surface area contributed by atoms with Crippen molar-refractivity contribution in [2.45, 2.75) is 52.5 Å². The van der Waals surface area contributed by atoms with Crippen LogP contribution < -0.4 is 10.6 Å². The molecule has 0 spiro atoms. The van der Waals surface area contributed by atoms with Crippen LogP contribution in [0.4, 0.5) is 5.69 Å². The highest BCUT2D eigenvalue weighted by Crippen LogP contribution is 2.15. The van der Waals surface area contributed by atoms with Gasteiger partial charge in [-0.3, -0.25) is 4.79 Å². The lowest BCUT2D eigenvalue weighted by Gasteiger charge is -2.13. The van der Waals surface area contributed by atoms with E-state index in [1.165, 1.54) is 17.3 Å². The van der Waals surface area contributed by atoms with Gasteiger partial charge in [0.05, 0.1) is 0 Å². The van der Waals surface area contributed by atoms with Crippen molar-refractivity contribution in [1.29, 1.82) is 5.26 Å². The van der Waals surface area contributed by atoms with Gasteiger partial charge in [0.2, 0.25) is 0 Å². The Labute approximate surface area is 168 Å². The van der Waals surface area contributed by atoms with Crippen LogP contribution in [0.3, 0.4) is 0 Å². The highest BCUT2D eigenvalue weighted by Gasteiger charge is 2.11. The van der Waals surface area contributed by atoms with E-state index in [-0.39, 0.29) is 11.6 Å². The molecule has 0 aliphatic rings. The molecule has 0 aliphatic carbocycles. The molecule has 2 aromatic carbocycles. The largest absolute Gasteiger partial charge is 0.383 e. The summed E-state index contributed by atoms with van der Waals surface area (Å²) in [5.41, 5.74) is 4.38. The van der Waals surface area contributed by atoms with Crippen molar-refractivity contribution < 1.29 is 4.79 Å². The molecule has 4 heteroatoms. The second-order valence-electron chi connectivity index (χ2n) is 6.91.